The molecule has 0 saturated heterocycles. The SMILES string of the molecule is COc1ccccc1-n1c(O)c(Cc2ccccc2)c(=O)[nH]c1=O. The van der Waals surface area contributed by atoms with Crippen molar-refractivity contribution >= 4 is 0 Å². The molecule has 6 heteroatoms. The maximum atomic E-state index is 12.2. The molecule has 0 unspecified atom stereocenters. The van der Waals surface area contributed by atoms with Crippen LogP contribution in [-0.4, -0.2) is 21.8 Å². The third-order valence-electron chi connectivity index (χ3n) is 3.73. The summed E-state index contributed by atoms with van der Waals surface area (Å²) in [6, 6.07) is 16.0. The molecule has 3 aromatic rings. The molecule has 0 atom stereocenters. The maximum Gasteiger partial charge on any atom is 0.335 e. The van der Waals surface area contributed by atoms with E-state index in [0.717, 1.165) is 10.1 Å². The number of methoxy groups -OCH3 is 1. The molecular weight excluding hydrogens is 308 g/mol. The third kappa shape index (κ3) is 2.81. The fourth-order valence-corrected chi connectivity index (χ4v) is 2.56. The molecule has 0 radical (unpaired) electrons. The van der Waals surface area contributed by atoms with E-state index in [1.807, 2.05) is 30.3 Å². The van der Waals surface area contributed by atoms with Gasteiger partial charge in [0.1, 0.15) is 5.75 Å². The van der Waals surface area contributed by atoms with Crippen molar-refractivity contribution in [3.63, 3.8) is 0 Å². The number of rotatable bonds is 4. The van der Waals surface area contributed by atoms with E-state index in [2.05, 4.69) is 4.98 Å². The number of aromatic amines is 1. The lowest BCUT2D eigenvalue weighted by molar-refractivity contribution is 0.399. The van der Waals surface area contributed by atoms with Gasteiger partial charge in [-0.3, -0.25) is 9.78 Å². The number of para-hydroxylation sites is 2. The molecule has 24 heavy (non-hydrogen) atoms. The van der Waals surface area contributed by atoms with Crippen LogP contribution in [0, 0.1) is 0 Å². The fraction of sp³-hybridized carbons (Fsp3) is 0.111. The molecule has 0 fully saturated rings. The number of aromatic nitrogens is 2. The molecule has 2 N–H and O–H groups in total. The molecule has 0 amide bonds. The van der Waals surface area contributed by atoms with Crippen LogP contribution >= 0.6 is 0 Å². The summed E-state index contributed by atoms with van der Waals surface area (Å²) in [4.78, 5) is 26.6. The zero-order valence-electron chi connectivity index (χ0n) is 13.0. The molecule has 0 saturated carbocycles. The number of aromatic hydroxyl groups is 1. The van der Waals surface area contributed by atoms with Gasteiger partial charge in [-0.1, -0.05) is 42.5 Å². The van der Waals surface area contributed by atoms with Crippen molar-refractivity contribution in [2.45, 2.75) is 6.42 Å². The van der Waals surface area contributed by atoms with Crippen molar-refractivity contribution in [1.29, 1.82) is 0 Å². The molecule has 1 aromatic heterocycles. The summed E-state index contributed by atoms with van der Waals surface area (Å²) in [6.45, 7) is 0. The zero-order chi connectivity index (χ0) is 17.1. The van der Waals surface area contributed by atoms with Gasteiger partial charge in [-0.25, -0.2) is 9.36 Å². The molecule has 6 nitrogen and oxygen atoms in total. The van der Waals surface area contributed by atoms with Crippen LogP contribution in [0.25, 0.3) is 5.69 Å². The lowest BCUT2D eigenvalue weighted by Gasteiger charge is -2.14. The van der Waals surface area contributed by atoms with Crippen LogP contribution in [0.3, 0.4) is 0 Å². The van der Waals surface area contributed by atoms with Crippen molar-refractivity contribution in [2.75, 3.05) is 7.11 Å². The summed E-state index contributed by atoms with van der Waals surface area (Å²) in [5.41, 5.74) is -0.00499. The zero-order valence-corrected chi connectivity index (χ0v) is 13.0. The Balaban J connectivity index is 2.20. The molecule has 3 rings (SSSR count). The monoisotopic (exact) mass is 324 g/mol. The number of hydrogen-bond acceptors (Lipinski definition) is 4. The van der Waals surface area contributed by atoms with Crippen LogP contribution in [0.2, 0.25) is 0 Å². The normalized spacial score (nSPS) is 10.5. The first-order valence-corrected chi connectivity index (χ1v) is 7.36. The number of nitrogens with zero attached hydrogens (tertiary/aromatic N) is 1. The van der Waals surface area contributed by atoms with Crippen LogP contribution < -0.4 is 16.0 Å². The predicted molar refractivity (Wildman–Crippen MR) is 90.1 cm³/mol. The van der Waals surface area contributed by atoms with Crippen molar-refractivity contribution in [3.05, 3.63) is 86.6 Å². The lowest BCUT2D eigenvalue weighted by Crippen LogP contribution is -2.31. The quantitative estimate of drug-likeness (QED) is 0.767. The predicted octanol–water partition coefficient (Wildman–Crippen LogP) is 1.83. The van der Waals surface area contributed by atoms with Crippen LogP contribution in [0.1, 0.15) is 11.1 Å². The summed E-state index contributed by atoms with van der Waals surface area (Å²) in [6.07, 6.45) is 0.206. The van der Waals surface area contributed by atoms with Crippen LogP contribution in [-0.2, 0) is 6.42 Å². The average Bonchev–Trinajstić information content (AvgIpc) is 2.60. The first-order valence-electron chi connectivity index (χ1n) is 7.36. The second-order valence-corrected chi connectivity index (χ2v) is 5.23. The Labute approximate surface area is 137 Å². The van der Waals surface area contributed by atoms with Gasteiger partial charge in [-0.15, -0.1) is 0 Å². The van der Waals surface area contributed by atoms with E-state index in [9.17, 15) is 14.7 Å². The van der Waals surface area contributed by atoms with E-state index in [0.29, 0.717) is 11.4 Å². The molecular formula is C18H16N2O4. The van der Waals surface area contributed by atoms with E-state index in [1.165, 1.54) is 7.11 Å². The van der Waals surface area contributed by atoms with Gasteiger partial charge in [0, 0.05) is 6.42 Å². The third-order valence-corrected chi connectivity index (χ3v) is 3.73. The summed E-state index contributed by atoms with van der Waals surface area (Å²) in [5.74, 6) is 0.0183. The van der Waals surface area contributed by atoms with Crippen LogP contribution in [0.15, 0.2) is 64.2 Å². The number of hydrogen-bond donors (Lipinski definition) is 2. The summed E-state index contributed by atoms with van der Waals surface area (Å²) in [7, 11) is 1.47. The molecule has 0 spiro atoms. The minimum absolute atomic E-state index is 0.117. The van der Waals surface area contributed by atoms with Gasteiger partial charge in [0.2, 0.25) is 5.88 Å². The molecule has 0 aliphatic heterocycles. The van der Waals surface area contributed by atoms with Crippen molar-refractivity contribution in [3.8, 4) is 17.3 Å². The van der Waals surface area contributed by atoms with Gasteiger partial charge in [0.25, 0.3) is 5.56 Å². The Morgan fingerprint density at radius 1 is 1.04 bits per heavy atom. The van der Waals surface area contributed by atoms with Gasteiger partial charge < -0.3 is 9.84 Å². The molecule has 122 valence electrons. The molecule has 0 aliphatic carbocycles. The van der Waals surface area contributed by atoms with Crippen molar-refractivity contribution in [2.24, 2.45) is 0 Å². The van der Waals surface area contributed by atoms with E-state index >= 15 is 0 Å². The Morgan fingerprint density at radius 2 is 1.71 bits per heavy atom. The average molecular weight is 324 g/mol. The first kappa shape index (κ1) is 15.6. The second kappa shape index (κ2) is 6.45. The van der Waals surface area contributed by atoms with Crippen molar-refractivity contribution in [1.82, 2.24) is 9.55 Å². The summed E-state index contributed by atoms with van der Waals surface area (Å²) in [5, 5.41) is 10.6. The Bertz CT molecular complexity index is 974. The van der Waals surface area contributed by atoms with Crippen LogP contribution in [0.5, 0.6) is 11.6 Å². The molecule has 1 heterocycles. The van der Waals surface area contributed by atoms with E-state index < -0.39 is 17.1 Å². The Morgan fingerprint density at radius 3 is 2.42 bits per heavy atom. The smallest absolute Gasteiger partial charge is 0.335 e. The standard InChI is InChI=1S/C18H16N2O4/c1-24-15-10-6-5-9-14(15)20-17(22)13(16(21)19-18(20)23)11-12-7-3-2-4-8-12/h2-10,22H,11H2,1H3,(H,19,21,23). The largest absolute Gasteiger partial charge is 0.495 e. The maximum absolute atomic E-state index is 12.2. The Kier molecular flexibility index (Phi) is 4.20. The minimum atomic E-state index is -0.723. The van der Waals surface area contributed by atoms with E-state index in [-0.39, 0.29) is 12.0 Å². The summed E-state index contributed by atoms with van der Waals surface area (Å²) >= 11 is 0. The molecule has 0 bridgehead atoms. The fourth-order valence-electron chi connectivity index (χ4n) is 2.56. The lowest BCUT2D eigenvalue weighted by atomic mass is 10.1. The topological polar surface area (TPSA) is 84.3 Å². The highest BCUT2D eigenvalue weighted by Gasteiger charge is 2.18. The van der Waals surface area contributed by atoms with Crippen LogP contribution in [0.4, 0.5) is 0 Å². The first-order chi connectivity index (χ1) is 11.6. The number of benzene rings is 2. The number of nitrogens with one attached hydrogen (secondary N) is 1. The highest BCUT2D eigenvalue weighted by Crippen LogP contribution is 2.25. The van der Waals surface area contributed by atoms with E-state index in [1.54, 1.807) is 24.3 Å². The van der Waals surface area contributed by atoms with Gasteiger partial charge in [0.15, 0.2) is 0 Å². The second-order valence-electron chi connectivity index (χ2n) is 5.23. The highest BCUT2D eigenvalue weighted by molar-refractivity contribution is 5.49. The van der Waals surface area contributed by atoms with Gasteiger partial charge in [-0.05, 0) is 17.7 Å². The Hall–Kier alpha value is -3.28. The number of H-pyrrole nitrogens is 1. The number of ether oxygens (including phenoxy) is 1. The molecule has 0 aliphatic rings. The van der Waals surface area contributed by atoms with Crippen molar-refractivity contribution < 1.29 is 9.84 Å². The minimum Gasteiger partial charge on any atom is -0.495 e. The highest BCUT2D eigenvalue weighted by atomic mass is 16.5. The van der Waals surface area contributed by atoms with Gasteiger partial charge in [-0.2, -0.15) is 0 Å². The summed E-state index contributed by atoms with van der Waals surface area (Å²) < 4.78 is 6.28. The van der Waals surface area contributed by atoms with E-state index in [4.69, 9.17) is 4.74 Å². The van der Waals surface area contributed by atoms with Gasteiger partial charge >= 0.3 is 5.69 Å². The molecule has 2 aromatic carbocycles. The van der Waals surface area contributed by atoms with Gasteiger partial charge in [0.05, 0.1) is 18.4 Å².